The summed E-state index contributed by atoms with van der Waals surface area (Å²) < 4.78 is 0. The SMILES string of the molecule is Cc1ccc(C(=O)NC2CC2)cc1-c1ccc(C(=O)NCCCCO)cc1. The maximum atomic E-state index is 12.3. The smallest absolute Gasteiger partial charge is 0.251 e. The summed E-state index contributed by atoms with van der Waals surface area (Å²) in [6.45, 7) is 2.71. The second kappa shape index (κ2) is 8.82. The predicted octanol–water partition coefficient (Wildman–Crippen LogP) is 3.06. The molecule has 5 nitrogen and oxygen atoms in total. The largest absolute Gasteiger partial charge is 0.396 e. The molecule has 5 heteroatoms. The predicted molar refractivity (Wildman–Crippen MR) is 106 cm³/mol. The van der Waals surface area contributed by atoms with Crippen LogP contribution >= 0.6 is 0 Å². The van der Waals surface area contributed by atoms with Crippen molar-refractivity contribution in [3.8, 4) is 11.1 Å². The number of carbonyl (C=O) groups excluding carboxylic acids is 2. The minimum atomic E-state index is -0.117. The molecule has 0 aromatic heterocycles. The molecule has 0 radical (unpaired) electrons. The van der Waals surface area contributed by atoms with Crippen LogP contribution in [0.15, 0.2) is 42.5 Å². The molecule has 0 saturated heterocycles. The van der Waals surface area contributed by atoms with Gasteiger partial charge in [-0.3, -0.25) is 9.59 Å². The van der Waals surface area contributed by atoms with E-state index < -0.39 is 0 Å². The summed E-state index contributed by atoms with van der Waals surface area (Å²) in [7, 11) is 0. The zero-order valence-corrected chi connectivity index (χ0v) is 15.6. The molecule has 0 unspecified atom stereocenters. The van der Waals surface area contributed by atoms with Crippen LogP contribution in [-0.2, 0) is 0 Å². The lowest BCUT2D eigenvalue weighted by Crippen LogP contribution is -2.25. The van der Waals surface area contributed by atoms with Gasteiger partial charge in [0.05, 0.1) is 0 Å². The van der Waals surface area contributed by atoms with Crippen molar-refractivity contribution >= 4 is 11.8 Å². The number of aliphatic hydroxyl groups is 1. The van der Waals surface area contributed by atoms with Gasteiger partial charge in [0.2, 0.25) is 0 Å². The van der Waals surface area contributed by atoms with Crippen LogP contribution < -0.4 is 10.6 Å². The third-order valence-electron chi connectivity index (χ3n) is 4.74. The lowest BCUT2D eigenvalue weighted by Gasteiger charge is -2.11. The molecule has 0 atom stereocenters. The fourth-order valence-corrected chi connectivity index (χ4v) is 2.91. The summed E-state index contributed by atoms with van der Waals surface area (Å²) in [4.78, 5) is 24.4. The number of carbonyl (C=O) groups is 2. The fraction of sp³-hybridized carbons (Fsp3) is 0.364. The average molecular weight is 366 g/mol. The second-order valence-electron chi connectivity index (χ2n) is 7.04. The molecule has 1 aliphatic carbocycles. The first-order valence-corrected chi connectivity index (χ1v) is 9.49. The van der Waals surface area contributed by atoms with E-state index in [0.717, 1.165) is 36.0 Å². The Bertz CT molecular complexity index is 811. The molecular weight excluding hydrogens is 340 g/mol. The summed E-state index contributed by atoms with van der Waals surface area (Å²) in [6.07, 6.45) is 3.57. The summed E-state index contributed by atoms with van der Waals surface area (Å²) in [6, 6.07) is 13.5. The van der Waals surface area contributed by atoms with Crippen molar-refractivity contribution in [3.05, 3.63) is 59.2 Å². The third-order valence-corrected chi connectivity index (χ3v) is 4.74. The molecule has 1 fully saturated rings. The van der Waals surface area contributed by atoms with E-state index >= 15 is 0 Å². The van der Waals surface area contributed by atoms with E-state index in [9.17, 15) is 9.59 Å². The minimum Gasteiger partial charge on any atom is -0.396 e. The quantitative estimate of drug-likeness (QED) is 0.628. The molecule has 0 heterocycles. The Hall–Kier alpha value is -2.66. The molecule has 142 valence electrons. The molecule has 3 N–H and O–H groups in total. The Morgan fingerprint density at radius 3 is 2.37 bits per heavy atom. The van der Waals surface area contributed by atoms with E-state index in [0.29, 0.717) is 30.1 Å². The molecule has 2 aromatic carbocycles. The number of rotatable bonds is 8. The number of hydrogen-bond donors (Lipinski definition) is 3. The fourth-order valence-electron chi connectivity index (χ4n) is 2.91. The molecule has 1 aliphatic rings. The normalized spacial score (nSPS) is 13.3. The zero-order chi connectivity index (χ0) is 19.2. The van der Waals surface area contributed by atoms with Gasteiger partial charge in [-0.15, -0.1) is 0 Å². The third kappa shape index (κ3) is 5.17. The van der Waals surface area contributed by atoms with Crippen LogP contribution in [-0.4, -0.2) is 36.1 Å². The topological polar surface area (TPSA) is 78.4 Å². The monoisotopic (exact) mass is 366 g/mol. The van der Waals surface area contributed by atoms with Crippen molar-refractivity contribution in [2.75, 3.05) is 13.2 Å². The summed E-state index contributed by atoms with van der Waals surface area (Å²) in [5, 5.41) is 14.6. The van der Waals surface area contributed by atoms with E-state index in [4.69, 9.17) is 5.11 Å². The van der Waals surface area contributed by atoms with Crippen LogP contribution in [0.5, 0.6) is 0 Å². The Kier molecular flexibility index (Phi) is 6.24. The number of nitrogens with one attached hydrogen (secondary N) is 2. The summed E-state index contributed by atoms with van der Waals surface area (Å²) >= 11 is 0. The highest BCUT2D eigenvalue weighted by Gasteiger charge is 2.24. The van der Waals surface area contributed by atoms with Crippen LogP contribution in [0.25, 0.3) is 11.1 Å². The highest BCUT2D eigenvalue weighted by molar-refractivity contribution is 5.97. The highest BCUT2D eigenvalue weighted by Crippen LogP contribution is 2.26. The average Bonchev–Trinajstić information content (AvgIpc) is 3.49. The van der Waals surface area contributed by atoms with Crippen molar-refractivity contribution in [2.45, 2.75) is 38.6 Å². The number of amides is 2. The van der Waals surface area contributed by atoms with Crippen LogP contribution in [0.1, 0.15) is 52.0 Å². The molecule has 27 heavy (non-hydrogen) atoms. The number of unbranched alkanes of at least 4 members (excludes halogenated alkanes) is 1. The van der Waals surface area contributed by atoms with Gasteiger partial charge < -0.3 is 15.7 Å². The van der Waals surface area contributed by atoms with Crippen LogP contribution in [0, 0.1) is 6.92 Å². The standard InChI is InChI=1S/C22H26N2O3/c1-15-4-5-18(22(27)24-19-10-11-19)14-20(15)16-6-8-17(9-7-16)21(26)23-12-2-3-13-25/h4-9,14,19,25H,2-3,10-13H2,1H3,(H,23,26)(H,24,27). The van der Waals surface area contributed by atoms with Crippen LogP contribution in [0.4, 0.5) is 0 Å². The molecule has 2 amide bonds. The first-order chi connectivity index (χ1) is 13.1. The maximum Gasteiger partial charge on any atom is 0.251 e. The van der Waals surface area contributed by atoms with Crippen molar-refractivity contribution in [1.82, 2.24) is 10.6 Å². The van der Waals surface area contributed by atoms with Crippen molar-refractivity contribution in [2.24, 2.45) is 0 Å². The van der Waals surface area contributed by atoms with Gasteiger partial charge in [0.15, 0.2) is 0 Å². The van der Waals surface area contributed by atoms with Gasteiger partial charge in [-0.05, 0) is 73.6 Å². The van der Waals surface area contributed by atoms with Crippen molar-refractivity contribution < 1.29 is 14.7 Å². The molecule has 0 spiro atoms. The molecule has 3 rings (SSSR count). The summed E-state index contributed by atoms with van der Waals surface area (Å²) in [5.74, 6) is -0.147. The molecule has 2 aromatic rings. The van der Waals surface area contributed by atoms with Gasteiger partial charge in [-0.25, -0.2) is 0 Å². The Morgan fingerprint density at radius 2 is 1.70 bits per heavy atom. The van der Waals surface area contributed by atoms with E-state index in [1.54, 1.807) is 12.1 Å². The highest BCUT2D eigenvalue weighted by atomic mass is 16.3. The van der Waals surface area contributed by atoms with Gasteiger partial charge in [-0.1, -0.05) is 18.2 Å². The van der Waals surface area contributed by atoms with Crippen molar-refractivity contribution in [3.63, 3.8) is 0 Å². The Labute approximate surface area is 159 Å². The van der Waals surface area contributed by atoms with Gasteiger partial charge in [0.1, 0.15) is 0 Å². The maximum absolute atomic E-state index is 12.3. The number of aliphatic hydroxyl groups excluding tert-OH is 1. The van der Waals surface area contributed by atoms with E-state index in [1.807, 2.05) is 37.3 Å². The van der Waals surface area contributed by atoms with Gasteiger partial charge in [0.25, 0.3) is 11.8 Å². The van der Waals surface area contributed by atoms with Crippen LogP contribution in [0.3, 0.4) is 0 Å². The summed E-state index contributed by atoms with van der Waals surface area (Å²) in [5.41, 5.74) is 4.31. The van der Waals surface area contributed by atoms with Gasteiger partial charge >= 0.3 is 0 Å². The molecular formula is C22H26N2O3. The van der Waals surface area contributed by atoms with E-state index in [1.165, 1.54) is 0 Å². The van der Waals surface area contributed by atoms with Gasteiger partial charge in [-0.2, -0.15) is 0 Å². The molecule has 0 bridgehead atoms. The minimum absolute atomic E-state index is 0.0300. The first kappa shape index (κ1) is 19.1. The lowest BCUT2D eigenvalue weighted by atomic mass is 9.97. The van der Waals surface area contributed by atoms with Crippen LogP contribution in [0.2, 0.25) is 0 Å². The zero-order valence-electron chi connectivity index (χ0n) is 15.6. The van der Waals surface area contributed by atoms with E-state index in [2.05, 4.69) is 10.6 Å². The Balaban J connectivity index is 1.70. The van der Waals surface area contributed by atoms with Gasteiger partial charge in [0, 0.05) is 30.3 Å². The second-order valence-corrected chi connectivity index (χ2v) is 7.04. The number of hydrogen-bond acceptors (Lipinski definition) is 3. The Morgan fingerprint density at radius 1 is 1.00 bits per heavy atom. The lowest BCUT2D eigenvalue weighted by molar-refractivity contribution is 0.0943. The van der Waals surface area contributed by atoms with Crippen molar-refractivity contribution in [1.29, 1.82) is 0 Å². The first-order valence-electron chi connectivity index (χ1n) is 9.49. The van der Waals surface area contributed by atoms with E-state index in [-0.39, 0.29) is 18.4 Å². The number of aryl methyl sites for hydroxylation is 1. The molecule has 1 saturated carbocycles. The number of benzene rings is 2. The molecule has 0 aliphatic heterocycles.